The molecule has 9 heteroatoms. The van der Waals surface area contributed by atoms with Gasteiger partial charge in [0, 0.05) is 0 Å². The van der Waals surface area contributed by atoms with Crippen LogP contribution in [0, 0.1) is 0 Å². The molecule has 0 spiro atoms. The van der Waals surface area contributed by atoms with Crippen molar-refractivity contribution < 1.29 is 19.7 Å². The molecule has 2 N–H and O–H groups in total. The lowest BCUT2D eigenvalue weighted by Crippen LogP contribution is -2.39. The molecule has 0 bridgehead atoms. The summed E-state index contributed by atoms with van der Waals surface area (Å²) in [6, 6.07) is 29.8. The minimum Gasteiger partial charge on any atom is -0.387 e. The predicted octanol–water partition coefficient (Wildman–Crippen LogP) is 4.11. The second-order valence-electron chi connectivity index (χ2n) is 9.13. The van der Waals surface area contributed by atoms with Gasteiger partial charge in [0.05, 0.1) is 12.9 Å². The molecule has 0 aliphatic carbocycles. The molecule has 0 amide bonds. The molecule has 0 saturated carbocycles. The van der Waals surface area contributed by atoms with Gasteiger partial charge < -0.3 is 19.7 Å². The van der Waals surface area contributed by atoms with E-state index in [-0.39, 0.29) is 11.8 Å². The molecule has 1 fully saturated rings. The van der Waals surface area contributed by atoms with Crippen LogP contribution in [0.1, 0.15) is 22.9 Å². The Kier molecular flexibility index (Phi) is 6.65. The summed E-state index contributed by atoms with van der Waals surface area (Å²) < 4.78 is 14.5. The average Bonchev–Trinajstić information content (AvgIpc) is 3.52. The topological polar surface area (TPSA) is 103 Å². The highest BCUT2D eigenvalue weighted by Crippen LogP contribution is 2.42. The molecule has 3 aromatic carbocycles. The summed E-state index contributed by atoms with van der Waals surface area (Å²) in [6.45, 7) is -0.00419. The van der Waals surface area contributed by atoms with Crippen LogP contribution < -0.4 is 0 Å². The van der Waals surface area contributed by atoms with E-state index in [0.717, 1.165) is 16.7 Å². The number of aromatic nitrogens is 4. The van der Waals surface area contributed by atoms with E-state index in [2.05, 4.69) is 15.0 Å². The number of aliphatic hydroxyl groups is 2. The number of aliphatic hydroxyl groups excluding tert-OH is 2. The molecular formula is C29H25ClN4O4. The minimum atomic E-state index is -1.24. The molecule has 4 atom stereocenters. The number of fused-ring (bicyclic) bond motifs is 1. The minimum absolute atomic E-state index is 0.00419. The molecule has 1 aliphatic heterocycles. The van der Waals surface area contributed by atoms with Crippen molar-refractivity contribution >= 4 is 22.8 Å². The van der Waals surface area contributed by atoms with Crippen LogP contribution in [0.15, 0.2) is 104 Å². The SMILES string of the molecule is OC1C(O)[C@@H](COC(c2ccccc2)(c2ccccc2)c2ccccc2)O[C@H]1n1cnc2c(Cl)ncnc21. The normalized spacial score (nSPS) is 21.7. The van der Waals surface area contributed by atoms with Crippen LogP contribution in [0.5, 0.6) is 0 Å². The number of halogens is 1. The van der Waals surface area contributed by atoms with Gasteiger partial charge in [-0.1, -0.05) is 103 Å². The van der Waals surface area contributed by atoms with Gasteiger partial charge in [0.2, 0.25) is 0 Å². The second kappa shape index (κ2) is 10.2. The highest BCUT2D eigenvalue weighted by atomic mass is 35.5. The van der Waals surface area contributed by atoms with Gasteiger partial charge in [-0.15, -0.1) is 0 Å². The van der Waals surface area contributed by atoms with Crippen LogP contribution >= 0.6 is 11.6 Å². The fourth-order valence-electron chi connectivity index (χ4n) is 5.08. The third-order valence-corrected chi connectivity index (χ3v) is 7.21. The first-order chi connectivity index (χ1) is 18.6. The Hall–Kier alpha value is -3.66. The highest BCUT2D eigenvalue weighted by Gasteiger charge is 2.46. The number of rotatable bonds is 7. The van der Waals surface area contributed by atoms with Crippen molar-refractivity contribution in [2.24, 2.45) is 0 Å². The molecule has 2 aromatic heterocycles. The van der Waals surface area contributed by atoms with Crippen LogP contribution in [0.4, 0.5) is 0 Å². The van der Waals surface area contributed by atoms with E-state index >= 15 is 0 Å². The number of hydrogen-bond acceptors (Lipinski definition) is 7. The molecule has 192 valence electrons. The molecule has 5 aromatic rings. The van der Waals surface area contributed by atoms with Crippen molar-refractivity contribution in [2.75, 3.05) is 6.61 Å². The first-order valence-corrected chi connectivity index (χ1v) is 12.6. The van der Waals surface area contributed by atoms with Gasteiger partial charge in [-0.05, 0) is 16.7 Å². The van der Waals surface area contributed by atoms with Crippen LogP contribution in [0.3, 0.4) is 0 Å². The zero-order valence-corrected chi connectivity index (χ0v) is 21.0. The highest BCUT2D eigenvalue weighted by molar-refractivity contribution is 6.33. The Balaban J connectivity index is 1.36. The molecule has 2 unspecified atom stereocenters. The number of nitrogens with zero attached hydrogens (tertiary/aromatic N) is 4. The van der Waals surface area contributed by atoms with E-state index in [1.54, 1.807) is 4.57 Å². The zero-order valence-electron chi connectivity index (χ0n) is 20.2. The van der Waals surface area contributed by atoms with E-state index in [1.807, 2.05) is 91.0 Å². The Bertz CT molecular complexity index is 1420. The lowest BCUT2D eigenvalue weighted by Gasteiger charge is -2.37. The molecule has 1 aliphatic rings. The van der Waals surface area contributed by atoms with Gasteiger partial charge >= 0.3 is 0 Å². The van der Waals surface area contributed by atoms with Crippen molar-refractivity contribution in [1.82, 2.24) is 19.5 Å². The van der Waals surface area contributed by atoms with Crippen LogP contribution in [0.2, 0.25) is 5.15 Å². The number of hydrogen-bond donors (Lipinski definition) is 2. The Morgan fingerprint density at radius 2 is 1.34 bits per heavy atom. The van der Waals surface area contributed by atoms with Crippen molar-refractivity contribution in [2.45, 2.75) is 30.1 Å². The summed E-state index contributed by atoms with van der Waals surface area (Å²) in [5, 5.41) is 22.2. The monoisotopic (exact) mass is 528 g/mol. The maximum atomic E-state index is 11.0. The molecule has 6 rings (SSSR count). The fourth-order valence-corrected chi connectivity index (χ4v) is 5.26. The average molecular weight is 529 g/mol. The van der Waals surface area contributed by atoms with Gasteiger partial charge in [0.15, 0.2) is 17.0 Å². The molecule has 3 heterocycles. The third kappa shape index (κ3) is 4.16. The van der Waals surface area contributed by atoms with E-state index in [4.69, 9.17) is 21.1 Å². The van der Waals surface area contributed by atoms with E-state index in [9.17, 15) is 10.2 Å². The standard InChI is InChI=1S/C29H25ClN4O4/c30-26-23-27(32-17-31-26)34(18-33-23)28-25(36)24(35)22(38-28)16-37-29(19-10-4-1-5-11-19,20-12-6-2-7-13-20)21-14-8-3-9-15-21/h1-15,17-18,22,24-25,28,35-36H,16H2/t22-,24?,25?,28-/m1/s1. The fraction of sp³-hybridized carbons (Fsp3) is 0.207. The number of benzene rings is 3. The van der Waals surface area contributed by atoms with E-state index in [1.165, 1.54) is 12.7 Å². The van der Waals surface area contributed by atoms with Crippen LogP contribution in [-0.4, -0.2) is 54.7 Å². The molecule has 38 heavy (non-hydrogen) atoms. The van der Waals surface area contributed by atoms with E-state index < -0.39 is 30.1 Å². The quantitative estimate of drug-likeness (QED) is 0.242. The molecule has 0 radical (unpaired) electrons. The summed E-state index contributed by atoms with van der Waals surface area (Å²) in [4.78, 5) is 12.4. The van der Waals surface area contributed by atoms with Crippen LogP contribution in [0.25, 0.3) is 11.2 Å². The second-order valence-corrected chi connectivity index (χ2v) is 9.48. The Morgan fingerprint density at radius 1 is 0.789 bits per heavy atom. The molecular weight excluding hydrogens is 504 g/mol. The summed E-state index contributed by atoms with van der Waals surface area (Å²) in [7, 11) is 0. The van der Waals surface area contributed by atoms with Gasteiger partial charge in [0.1, 0.15) is 35.8 Å². The lowest BCUT2D eigenvalue weighted by molar-refractivity contribution is -0.0942. The Morgan fingerprint density at radius 3 is 1.89 bits per heavy atom. The Labute approximate surface area is 224 Å². The van der Waals surface area contributed by atoms with Crippen molar-refractivity contribution in [3.05, 3.63) is 125 Å². The summed E-state index contributed by atoms with van der Waals surface area (Å²) in [5.74, 6) is 0. The maximum Gasteiger partial charge on any atom is 0.167 e. The zero-order chi connectivity index (χ0) is 26.1. The number of imidazole rings is 1. The third-order valence-electron chi connectivity index (χ3n) is 6.93. The lowest BCUT2D eigenvalue weighted by atomic mass is 9.80. The largest absolute Gasteiger partial charge is 0.387 e. The maximum absolute atomic E-state index is 11.0. The van der Waals surface area contributed by atoms with Crippen molar-refractivity contribution in [3.63, 3.8) is 0 Å². The molecule has 1 saturated heterocycles. The van der Waals surface area contributed by atoms with Gasteiger partial charge in [0.25, 0.3) is 0 Å². The van der Waals surface area contributed by atoms with Gasteiger partial charge in [-0.25, -0.2) is 15.0 Å². The van der Waals surface area contributed by atoms with Gasteiger partial charge in [-0.3, -0.25) is 4.57 Å². The van der Waals surface area contributed by atoms with E-state index in [0.29, 0.717) is 11.2 Å². The summed E-state index contributed by atoms with van der Waals surface area (Å²) in [5.41, 5.74) is 2.57. The van der Waals surface area contributed by atoms with Crippen LogP contribution in [-0.2, 0) is 15.1 Å². The first kappa shape index (κ1) is 24.7. The smallest absolute Gasteiger partial charge is 0.167 e. The molecule has 8 nitrogen and oxygen atoms in total. The predicted molar refractivity (Wildman–Crippen MR) is 141 cm³/mol. The summed E-state index contributed by atoms with van der Waals surface area (Å²) in [6.07, 6.45) is -1.44. The van der Waals surface area contributed by atoms with Crippen molar-refractivity contribution in [1.29, 1.82) is 0 Å². The van der Waals surface area contributed by atoms with Gasteiger partial charge in [-0.2, -0.15) is 0 Å². The summed E-state index contributed by atoms with van der Waals surface area (Å²) >= 11 is 6.15. The first-order valence-electron chi connectivity index (χ1n) is 12.2. The van der Waals surface area contributed by atoms with Crippen molar-refractivity contribution in [3.8, 4) is 0 Å². The number of ether oxygens (including phenoxy) is 2.